The van der Waals surface area contributed by atoms with E-state index in [1.807, 2.05) is 36.7 Å². The first-order valence-electron chi connectivity index (χ1n) is 10.5. The zero-order valence-corrected chi connectivity index (χ0v) is 16.6. The molecule has 0 bridgehead atoms. The van der Waals surface area contributed by atoms with Gasteiger partial charge in [0.05, 0.1) is 11.6 Å². The smallest absolute Gasteiger partial charge is 0.128 e. The monoisotopic (exact) mass is 389 g/mol. The van der Waals surface area contributed by atoms with Crippen LogP contribution in [0.15, 0.2) is 60.9 Å². The van der Waals surface area contributed by atoms with E-state index >= 15 is 0 Å². The van der Waals surface area contributed by atoms with Crippen molar-refractivity contribution in [2.75, 3.05) is 49.1 Å². The van der Waals surface area contributed by atoms with Gasteiger partial charge in [-0.3, -0.25) is 9.88 Å². The second-order valence-electron chi connectivity index (χ2n) is 7.93. The molecule has 0 aliphatic carbocycles. The molecule has 0 amide bonds. The Morgan fingerprint density at radius 2 is 1.62 bits per heavy atom. The molecule has 2 fully saturated rings. The standard InChI is InChI=1S/C23H27N5O/c29-22-17-28(20-8-11-24-19-6-2-1-5-18(19)20)12-9-21(22)26-13-15-27(16-14-26)23-7-3-4-10-25-23/h1-8,10-11,21-22,29H,9,12-17H2/t21-,22-/m1/s1. The quantitative estimate of drug-likeness (QED) is 0.742. The van der Waals surface area contributed by atoms with E-state index in [9.17, 15) is 5.11 Å². The first kappa shape index (κ1) is 18.3. The molecule has 3 aromatic rings. The molecule has 5 rings (SSSR count). The van der Waals surface area contributed by atoms with Crippen LogP contribution in [0.2, 0.25) is 0 Å². The van der Waals surface area contributed by atoms with Crippen molar-refractivity contribution in [2.45, 2.75) is 18.6 Å². The Morgan fingerprint density at radius 1 is 0.793 bits per heavy atom. The lowest BCUT2D eigenvalue weighted by Gasteiger charge is -2.45. The van der Waals surface area contributed by atoms with Crippen LogP contribution < -0.4 is 9.80 Å². The third-order valence-corrected chi connectivity index (χ3v) is 6.27. The summed E-state index contributed by atoms with van der Waals surface area (Å²) in [6.07, 6.45) is 4.34. The zero-order valence-electron chi connectivity index (χ0n) is 16.6. The molecule has 0 saturated carbocycles. The van der Waals surface area contributed by atoms with Gasteiger partial charge in [0.15, 0.2) is 0 Å². The molecule has 150 valence electrons. The van der Waals surface area contributed by atoms with Gasteiger partial charge in [-0.2, -0.15) is 0 Å². The summed E-state index contributed by atoms with van der Waals surface area (Å²) in [7, 11) is 0. The van der Waals surface area contributed by atoms with E-state index in [0.29, 0.717) is 6.54 Å². The average Bonchev–Trinajstić information content (AvgIpc) is 2.79. The third kappa shape index (κ3) is 3.66. The van der Waals surface area contributed by atoms with Crippen LogP contribution in [0.5, 0.6) is 0 Å². The SMILES string of the molecule is O[C@@H]1CN(c2ccnc3ccccc23)CC[C@H]1N1CCN(c2ccccn2)CC1. The highest BCUT2D eigenvalue weighted by Gasteiger charge is 2.34. The van der Waals surface area contributed by atoms with Crippen molar-refractivity contribution < 1.29 is 5.11 Å². The summed E-state index contributed by atoms with van der Waals surface area (Å²) in [4.78, 5) is 16.1. The number of anilines is 2. The largest absolute Gasteiger partial charge is 0.390 e. The molecule has 6 heteroatoms. The molecule has 0 radical (unpaired) electrons. The van der Waals surface area contributed by atoms with Crippen LogP contribution in [0, 0.1) is 0 Å². The van der Waals surface area contributed by atoms with Crippen molar-refractivity contribution in [3.63, 3.8) is 0 Å². The Labute approximate surface area is 171 Å². The minimum Gasteiger partial charge on any atom is -0.390 e. The lowest BCUT2D eigenvalue weighted by atomic mass is 9.98. The lowest BCUT2D eigenvalue weighted by Crippen LogP contribution is -2.59. The number of nitrogens with zero attached hydrogens (tertiary/aromatic N) is 5. The summed E-state index contributed by atoms with van der Waals surface area (Å²) in [5.74, 6) is 1.05. The first-order valence-corrected chi connectivity index (χ1v) is 10.5. The Morgan fingerprint density at radius 3 is 2.41 bits per heavy atom. The number of aromatic nitrogens is 2. The van der Waals surface area contributed by atoms with Gasteiger partial charge in [0.2, 0.25) is 0 Å². The van der Waals surface area contributed by atoms with E-state index in [1.54, 1.807) is 0 Å². The molecule has 2 aliphatic rings. The molecule has 2 aromatic heterocycles. The Bertz CT molecular complexity index is 952. The number of hydrogen-bond donors (Lipinski definition) is 1. The number of aliphatic hydroxyl groups excluding tert-OH is 1. The molecule has 2 aliphatic heterocycles. The van der Waals surface area contributed by atoms with Crippen molar-refractivity contribution in [3.05, 3.63) is 60.9 Å². The van der Waals surface area contributed by atoms with Crippen LogP contribution in [0.25, 0.3) is 10.9 Å². The molecule has 1 N–H and O–H groups in total. The molecular weight excluding hydrogens is 362 g/mol. The maximum atomic E-state index is 11.0. The number of β-amino-alcohol motifs (C(OH)–C–C–N with tert-alkyl or cyclic N) is 1. The van der Waals surface area contributed by atoms with Crippen molar-refractivity contribution >= 4 is 22.4 Å². The van der Waals surface area contributed by atoms with E-state index in [-0.39, 0.29) is 12.1 Å². The number of fused-ring (bicyclic) bond motifs is 1. The summed E-state index contributed by atoms with van der Waals surface area (Å²) in [6, 6.07) is 16.6. The summed E-state index contributed by atoms with van der Waals surface area (Å²) in [5.41, 5.74) is 2.18. The predicted molar refractivity (Wildman–Crippen MR) is 116 cm³/mol. The van der Waals surface area contributed by atoms with Crippen molar-refractivity contribution in [2.24, 2.45) is 0 Å². The minimum absolute atomic E-state index is 0.227. The van der Waals surface area contributed by atoms with Gasteiger partial charge in [0.25, 0.3) is 0 Å². The van der Waals surface area contributed by atoms with Crippen LogP contribution >= 0.6 is 0 Å². The van der Waals surface area contributed by atoms with Gasteiger partial charge in [-0.05, 0) is 30.7 Å². The van der Waals surface area contributed by atoms with Crippen molar-refractivity contribution in [1.29, 1.82) is 0 Å². The number of benzene rings is 1. The van der Waals surface area contributed by atoms with Gasteiger partial charge in [-0.25, -0.2) is 4.98 Å². The van der Waals surface area contributed by atoms with E-state index in [0.717, 1.165) is 55.9 Å². The highest BCUT2D eigenvalue weighted by Crippen LogP contribution is 2.29. The molecule has 29 heavy (non-hydrogen) atoms. The number of para-hydroxylation sites is 1. The first-order chi connectivity index (χ1) is 14.3. The Balaban J connectivity index is 1.24. The van der Waals surface area contributed by atoms with Crippen LogP contribution in [-0.4, -0.2) is 71.4 Å². The summed E-state index contributed by atoms with van der Waals surface area (Å²) in [6.45, 7) is 5.47. The van der Waals surface area contributed by atoms with Gasteiger partial charge >= 0.3 is 0 Å². The topological polar surface area (TPSA) is 55.7 Å². The van der Waals surface area contributed by atoms with Gasteiger partial charge in [0.1, 0.15) is 5.82 Å². The summed E-state index contributed by atoms with van der Waals surface area (Å²) >= 11 is 0. The number of hydrogen-bond acceptors (Lipinski definition) is 6. The highest BCUT2D eigenvalue weighted by atomic mass is 16.3. The van der Waals surface area contributed by atoms with Gasteiger partial charge in [0, 0.05) is 68.8 Å². The van der Waals surface area contributed by atoms with Gasteiger partial charge < -0.3 is 14.9 Å². The number of pyridine rings is 2. The molecule has 4 heterocycles. The number of rotatable bonds is 3. The highest BCUT2D eigenvalue weighted by molar-refractivity contribution is 5.91. The maximum Gasteiger partial charge on any atom is 0.128 e. The molecule has 2 atom stereocenters. The summed E-state index contributed by atoms with van der Waals surface area (Å²) < 4.78 is 0. The van der Waals surface area contributed by atoms with Gasteiger partial charge in [-0.1, -0.05) is 24.3 Å². The number of piperazine rings is 1. The second-order valence-corrected chi connectivity index (χ2v) is 7.93. The molecule has 6 nitrogen and oxygen atoms in total. The Hall–Kier alpha value is -2.70. The third-order valence-electron chi connectivity index (χ3n) is 6.27. The molecule has 2 saturated heterocycles. The summed E-state index contributed by atoms with van der Waals surface area (Å²) in [5, 5.41) is 12.1. The van der Waals surface area contributed by atoms with Crippen molar-refractivity contribution in [1.82, 2.24) is 14.9 Å². The fraction of sp³-hybridized carbons (Fsp3) is 0.391. The van der Waals surface area contributed by atoms with Crippen LogP contribution in [0.4, 0.5) is 11.5 Å². The van der Waals surface area contributed by atoms with E-state index in [2.05, 4.69) is 48.9 Å². The molecule has 1 aromatic carbocycles. The molecule has 0 unspecified atom stereocenters. The van der Waals surface area contributed by atoms with Crippen LogP contribution in [0.3, 0.4) is 0 Å². The van der Waals surface area contributed by atoms with Gasteiger partial charge in [-0.15, -0.1) is 0 Å². The van der Waals surface area contributed by atoms with Crippen LogP contribution in [0.1, 0.15) is 6.42 Å². The average molecular weight is 390 g/mol. The Kier molecular flexibility index (Phi) is 5.04. The van der Waals surface area contributed by atoms with E-state index < -0.39 is 0 Å². The minimum atomic E-state index is -0.350. The lowest BCUT2D eigenvalue weighted by molar-refractivity contribution is 0.0339. The van der Waals surface area contributed by atoms with E-state index in [4.69, 9.17) is 0 Å². The fourth-order valence-corrected chi connectivity index (χ4v) is 4.74. The molecular formula is C23H27N5O. The number of piperidine rings is 1. The fourth-order valence-electron chi connectivity index (χ4n) is 4.74. The maximum absolute atomic E-state index is 11.0. The predicted octanol–water partition coefficient (Wildman–Crippen LogP) is 2.39. The molecule has 0 spiro atoms. The zero-order chi connectivity index (χ0) is 19.6. The van der Waals surface area contributed by atoms with Crippen molar-refractivity contribution in [3.8, 4) is 0 Å². The second kappa shape index (κ2) is 7.97. The normalized spacial score (nSPS) is 23.5. The number of aliphatic hydroxyl groups is 1. The van der Waals surface area contributed by atoms with E-state index in [1.165, 1.54) is 5.69 Å². The van der Waals surface area contributed by atoms with Crippen LogP contribution in [-0.2, 0) is 0 Å².